The predicted molar refractivity (Wildman–Crippen MR) is 62.5 cm³/mol. The van der Waals surface area contributed by atoms with Gasteiger partial charge in [-0.2, -0.15) is 5.26 Å². The van der Waals surface area contributed by atoms with Crippen LogP contribution in [0.3, 0.4) is 0 Å². The van der Waals surface area contributed by atoms with E-state index in [-0.39, 0.29) is 6.04 Å². The monoisotopic (exact) mass is 221 g/mol. The van der Waals surface area contributed by atoms with Gasteiger partial charge in [-0.1, -0.05) is 13.3 Å². The van der Waals surface area contributed by atoms with Crippen LogP contribution in [-0.2, 0) is 0 Å². The van der Waals surface area contributed by atoms with E-state index in [0.717, 1.165) is 12.8 Å². The van der Waals surface area contributed by atoms with Crippen molar-refractivity contribution in [3.63, 3.8) is 0 Å². The molecule has 0 bridgehead atoms. The zero-order chi connectivity index (χ0) is 12.0. The smallest absolute Gasteiger partial charge is 0.126 e. The number of nitrogens with one attached hydrogen (secondary N) is 1. The molecule has 0 saturated heterocycles. The first-order valence-corrected chi connectivity index (χ1v) is 5.37. The van der Waals surface area contributed by atoms with Crippen LogP contribution in [0.4, 0.5) is 10.1 Å². The number of hydrogen-bond donors (Lipinski definition) is 2. The number of benzene rings is 1. The molecule has 4 heteroatoms. The quantitative estimate of drug-likeness (QED) is 0.801. The van der Waals surface area contributed by atoms with Gasteiger partial charge in [-0.25, -0.2) is 4.39 Å². The molecule has 3 N–H and O–H groups in total. The molecule has 16 heavy (non-hydrogen) atoms. The van der Waals surface area contributed by atoms with Crippen molar-refractivity contribution in [1.29, 1.82) is 5.26 Å². The maximum atomic E-state index is 13.1. The number of nitrogens with two attached hydrogens (primary N) is 1. The van der Waals surface area contributed by atoms with Crippen molar-refractivity contribution in [2.75, 3.05) is 11.9 Å². The fourth-order valence-electron chi connectivity index (χ4n) is 1.57. The molecule has 0 saturated carbocycles. The Hall–Kier alpha value is -1.60. The highest BCUT2D eigenvalue weighted by molar-refractivity contribution is 5.50. The van der Waals surface area contributed by atoms with Crippen LogP contribution in [0.15, 0.2) is 18.2 Å². The largest absolute Gasteiger partial charge is 0.381 e. The summed E-state index contributed by atoms with van der Waals surface area (Å²) >= 11 is 0. The van der Waals surface area contributed by atoms with Gasteiger partial charge < -0.3 is 11.1 Å². The zero-order valence-corrected chi connectivity index (χ0v) is 9.33. The van der Waals surface area contributed by atoms with E-state index < -0.39 is 5.82 Å². The van der Waals surface area contributed by atoms with Crippen LogP contribution in [0, 0.1) is 17.1 Å². The fraction of sp³-hybridized carbons (Fsp3) is 0.417. The van der Waals surface area contributed by atoms with E-state index in [4.69, 9.17) is 11.0 Å². The normalized spacial score (nSPS) is 11.9. The third-order valence-corrected chi connectivity index (χ3v) is 2.32. The second kappa shape index (κ2) is 6.09. The first-order valence-electron chi connectivity index (χ1n) is 5.37. The number of anilines is 1. The number of nitriles is 1. The van der Waals surface area contributed by atoms with E-state index in [0.29, 0.717) is 17.8 Å². The van der Waals surface area contributed by atoms with Gasteiger partial charge in [-0.05, 0) is 24.6 Å². The Bertz CT molecular complexity index is 384. The topological polar surface area (TPSA) is 61.8 Å². The fourth-order valence-corrected chi connectivity index (χ4v) is 1.57. The minimum atomic E-state index is -0.409. The molecule has 0 radical (unpaired) electrons. The van der Waals surface area contributed by atoms with Crippen LogP contribution in [0.1, 0.15) is 25.3 Å². The van der Waals surface area contributed by atoms with Crippen molar-refractivity contribution in [3.8, 4) is 6.07 Å². The number of rotatable bonds is 5. The van der Waals surface area contributed by atoms with E-state index in [9.17, 15) is 4.39 Å². The summed E-state index contributed by atoms with van der Waals surface area (Å²) < 4.78 is 13.1. The van der Waals surface area contributed by atoms with Crippen molar-refractivity contribution in [1.82, 2.24) is 0 Å². The van der Waals surface area contributed by atoms with Crippen molar-refractivity contribution in [2.24, 2.45) is 5.73 Å². The van der Waals surface area contributed by atoms with Crippen molar-refractivity contribution in [3.05, 3.63) is 29.6 Å². The van der Waals surface area contributed by atoms with Crippen LogP contribution in [0.2, 0.25) is 0 Å². The molecular formula is C12H16FN3. The summed E-state index contributed by atoms with van der Waals surface area (Å²) in [6.45, 7) is 2.56. The summed E-state index contributed by atoms with van der Waals surface area (Å²) in [5.41, 5.74) is 6.52. The summed E-state index contributed by atoms with van der Waals surface area (Å²) in [5.74, 6) is -0.409. The molecule has 1 rings (SSSR count). The average Bonchev–Trinajstić information content (AvgIpc) is 2.27. The molecule has 86 valence electrons. The molecule has 1 aromatic carbocycles. The van der Waals surface area contributed by atoms with E-state index in [1.807, 2.05) is 6.07 Å². The molecule has 0 aliphatic heterocycles. The van der Waals surface area contributed by atoms with Gasteiger partial charge in [-0.3, -0.25) is 0 Å². The molecule has 0 aliphatic carbocycles. The van der Waals surface area contributed by atoms with E-state index >= 15 is 0 Å². The lowest BCUT2D eigenvalue weighted by atomic mass is 10.1. The molecule has 0 heterocycles. The predicted octanol–water partition coefficient (Wildman–Crippen LogP) is 2.24. The van der Waals surface area contributed by atoms with Gasteiger partial charge in [0.2, 0.25) is 0 Å². The highest BCUT2D eigenvalue weighted by atomic mass is 19.1. The Labute approximate surface area is 95.1 Å². The molecule has 3 nitrogen and oxygen atoms in total. The minimum Gasteiger partial charge on any atom is -0.381 e. The SMILES string of the molecule is CCCC(CN)Nc1cc(F)cc(C#N)c1. The van der Waals surface area contributed by atoms with Crippen LogP contribution < -0.4 is 11.1 Å². The molecule has 1 unspecified atom stereocenters. The number of hydrogen-bond acceptors (Lipinski definition) is 3. The lowest BCUT2D eigenvalue weighted by molar-refractivity contribution is 0.623. The van der Waals surface area contributed by atoms with Gasteiger partial charge in [0.25, 0.3) is 0 Å². The summed E-state index contributed by atoms with van der Waals surface area (Å²) in [6.07, 6.45) is 1.93. The van der Waals surface area contributed by atoms with Crippen molar-refractivity contribution >= 4 is 5.69 Å². The zero-order valence-electron chi connectivity index (χ0n) is 9.33. The molecule has 0 aliphatic rings. The lowest BCUT2D eigenvalue weighted by Crippen LogP contribution is -2.28. The molecule has 0 amide bonds. The van der Waals surface area contributed by atoms with Crippen LogP contribution >= 0.6 is 0 Å². The Morgan fingerprint density at radius 3 is 2.81 bits per heavy atom. The van der Waals surface area contributed by atoms with E-state index in [1.54, 1.807) is 6.07 Å². The standard InChI is InChI=1S/C12H16FN3/c1-2-3-11(8-15)16-12-5-9(7-14)4-10(13)6-12/h4-6,11,16H,2-3,8,15H2,1H3. The maximum Gasteiger partial charge on any atom is 0.126 e. The van der Waals surface area contributed by atoms with Crippen molar-refractivity contribution in [2.45, 2.75) is 25.8 Å². The van der Waals surface area contributed by atoms with Crippen molar-refractivity contribution < 1.29 is 4.39 Å². The van der Waals surface area contributed by atoms with Crippen LogP contribution in [0.5, 0.6) is 0 Å². The summed E-state index contributed by atoms with van der Waals surface area (Å²) in [5, 5.41) is 11.8. The highest BCUT2D eigenvalue weighted by Crippen LogP contribution is 2.15. The Kier molecular flexibility index (Phi) is 4.74. The average molecular weight is 221 g/mol. The molecule has 0 spiro atoms. The molecule has 0 aromatic heterocycles. The van der Waals surface area contributed by atoms with Gasteiger partial charge in [0.1, 0.15) is 5.82 Å². The Balaban J connectivity index is 2.80. The lowest BCUT2D eigenvalue weighted by Gasteiger charge is -2.17. The van der Waals surface area contributed by atoms with Gasteiger partial charge in [0.15, 0.2) is 0 Å². The highest BCUT2D eigenvalue weighted by Gasteiger charge is 2.06. The summed E-state index contributed by atoms with van der Waals surface area (Å²) in [4.78, 5) is 0. The first-order chi connectivity index (χ1) is 7.69. The van der Waals surface area contributed by atoms with Crippen LogP contribution in [-0.4, -0.2) is 12.6 Å². The van der Waals surface area contributed by atoms with Gasteiger partial charge in [0, 0.05) is 18.3 Å². The van der Waals surface area contributed by atoms with E-state index in [1.165, 1.54) is 12.1 Å². The Morgan fingerprint density at radius 1 is 1.50 bits per heavy atom. The first kappa shape index (κ1) is 12.5. The maximum absolute atomic E-state index is 13.1. The molecular weight excluding hydrogens is 205 g/mol. The third kappa shape index (κ3) is 3.52. The summed E-state index contributed by atoms with van der Waals surface area (Å²) in [7, 11) is 0. The second-order valence-electron chi connectivity index (χ2n) is 3.71. The molecule has 1 aromatic rings. The van der Waals surface area contributed by atoms with Crippen LogP contribution in [0.25, 0.3) is 0 Å². The summed E-state index contributed by atoms with van der Waals surface area (Å²) in [6, 6.07) is 6.25. The Morgan fingerprint density at radius 2 is 2.25 bits per heavy atom. The van der Waals surface area contributed by atoms with Gasteiger partial charge >= 0.3 is 0 Å². The third-order valence-electron chi connectivity index (χ3n) is 2.32. The second-order valence-corrected chi connectivity index (χ2v) is 3.71. The van der Waals surface area contributed by atoms with Gasteiger partial charge in [0.05, 0.1) is 11.6 Å². The van der Waals surface area contributed by atoms with Gasteiger partial charge in [-0.15, -0.1) is 0 Å². The molecule has 0 fully saturated rings. The molecule has 1 atom stereocenters. The minimum absolute atomic E-state index is 0.123. The number of halogens is 1. The number of nitrogens with zero attached hydrogens (tertiary/aromatic N) is 1. The van der Waals surface area contributed by atoms with E-state index in [2.05, 4.69) is 12.2 Å².